The minimum absolute atomic E-state index is 0.0299. The molecule has 6 N–H and O–H groups in total. The van der Waals surface area contributed by atoms with E-state index in [-0.39, 0.29) is 59.2 Å². The zero-order valence-electron chi connectivity index (χ0n) is 49.3. The molecule has 0 aromatic carbocycles. The van der Waals surface area contributed by atoms with Crippen LogP contribution in [0.15, 0.2) is 93.0 Å². The van der Waals surface area contributed by atoms with E-state index >= 15 is 0 Å². The number of hydrogen-bond donors (Lipinski definition) is 5. The fourth-order valence-electron chi connectivity index (χ4n) is 6.41. The molecule has 0 saturated heterocycles. The number of hydrogen-bond acceptors (Lipinski definition) is 20. The van der Waals surface area contributed by atoms with Gasteiger partial charge in [0.1, 0.15) is 0 Å². The molecular formula is C38H54B10N25O5. The van der Waals surface area contributed by atoms with Gasteiger partial charge in [-0.05, 0) is 0 Å². The van der Waals surface area contributed by atoms with Gasteiger partial charge in [-0.15, -0.1) is 0 Å². The van der Waals surface area contributed by atoms with Crippen molar-refractivity contribution in [3.05, 3.63) is 91.5 Å². The molecule has 0 atom stereocenters. The number of imidazole rings is 3. The summed E-state index contributed by atoms with van der Waals surface area (Å²) in [5, 5.41) is 8.24. The Kier molecular flexibility index (Phi) is 21.2. The molecule has 30 nitrogen and oxygen atoms in total. The summed E-state index contributed by atoms with van der Waals surface area (Å²) in [4.78, 5) is 103. The van der Waals surface area contributed by atoms with Crippen LogP contribution in [-0.2, 0) is 0 Å². The second kappa shape index (κ2) is 30.4. The number of aromatic amines is 1. The van der Waals surface area contributed by atoms with Crippen molar-refractivity contribution in [2.75, 3.05) is 21.4 Å². The van der Waals surface area contributed by atoms with Crippen molar-refractivity contribution in [3.8, 4) is 5.88 Å². The number of anilines is 4. The molecule has 0 aliphatic rings. The average Bonchev–Trinajstić information content (AvgIpc) is 4.41. The molecule has 0 aliphatic carbocycles. The van der Waals surface area contributed by atoms with Crippen LogP contribution < -0.4 is 48.6 Å². The van der Waals surface area contributed by atoms with Crippen molar-refractivity contribution in [2.45, 2.75) is 99.4 Å². The Bertz CT molecular complexity index is 3760. The summed E-state index contributed by atoms with van der Waals surface area (Å²) in [6, 6.07) is 3.68. The predicted molar refractivity (Wildman–Crippen MR) is 312 cm³/mol. The zero-order chi connectivity index (χ0) is 61.2. The molecule has 0 spiro atoms. The molecule has 8 heterocycles. The average molecular weight is 1050 g/mol. The molecule has 8 rings (SSSR count). The summed E-state index contributed by atoms with van der Waals surface area (Å²) in [7, 11) is 10.4. The fourth-order valence-corrected chi connectivity index (χ4v) is 6.41. The Balaban J connectivity index is 0.000000223. The number of fused-ring (bicyclic) bond motifs is 3. The summed E-state index contributed by atoms with van der Waals surface area (Å²) in [6.45, 7) is 19.6. The number of nitrogens with two attached hydrogens (primary N) is 1. The summed E-state index contributed by atoms with van der Waals surface area (Å²) in [6.07, 6.45) is 9.58. The number of nitrogen functional groups attached to an aromatic ring is 1. The number of nitrogens with zero attached hydrogens (tertiary/aromatic N) is 20. The number of H-pyrrole nitrogens is 1. The van der Waals surface area contributed by atoms with Gasteiger partial charge in [-0.25, -0.2) is 0 Å². The van der Waals surface area contributed by atoms with Gasteiger partial charge < -0.3 is 0 Å². The molecule has 0 amide bonds. The number of nitrogens with one attached hydrogen (secondary N) is 4. The second-order valence-corrected chi connectivity index (χ2v) is 17.1. The molecule has 8 aromatic rings. The molecule has 0 bridgehead atoms. The van der Waals surface area contributed by atoms with Crippen LogP contribution in [0.5, 0.6) is 5.88 Å². The standard InChI is InChI=1S/2C8H11B2N6O.C8H11B2N6.C7H11B2N4O.C7H10B2N3O2/c1-4(2)16-3-12-5-6(16)13-8(11)14-7(5)17-10-15-9;1-4(2)16-3-11-5-6(16)12-8(13-7(5)17)14-10-15-9;1-5(2)16-4-13-6-7(14-10-15-9)11-3-12-8(6)16;1-5(2)13-4-3-6(10-7(13)14)11-9-12-8;1-5(2)11-4-3-6(13)12(7(11)14)9-10-8/h3-4,9H,1-2H3,(H2,11,13,14);3-4,9H,1-2H3,(H2,12,13,14,17);3-5,9H,1-2H3,(H,11,12,14);3-5,8H,1-2H3,(H,10,11,14);3-5,8H,1-2H3/i3*9D;2*8D. The second-order valence-electron chi connectivity index (χ2n) is 17.1. The van der Waals surface area contributed by atoms with E-state index in [9.17, 15) is 19.2 Å². The van der Waals surface area contributed by atoms with Gasteiger partial charge in [0, 0.05) is 0 Å². The fraction of sp³-hybridized carbons (Fsp3) is 0.395. The van der Waals surface area contributed by atoms with E-state index in [1.165, 1.54) is 49.3 Å². The van der Waals surface area contributed by atoms with Crippen LogP contribution in [0.1, 0.15) is 99.4 Å². The summed E-state index contributed by atoms with van der Waals surface area (Å²) >= 11 is 0. The molecule has 0 saturated carbocycles. The van der Waals surface area contributed by atoms with Crippen LogP contribution >= 0.6 is 0 Å². The number of aromatic nitrogens is 16. The molecule has 0 aliphatic heterocycles. The quantitative estimate of drug-likeness (QED) is 0.0611. The maximum atomic E-state index is 11.8. The van der Waals surface area contributed by atoms with Crippen LogP contribution in [0.4, 0.5) is 23.5 Å². The van der Waals surface area contributed by atoms with Gasteiger partial charge in [0.15, 0.2) is 0 Å². The van der Waals surface area contributed by atoms with Crippen molar-refractivity contribution in [1.29, 1.82) is 6.68 Å². The Hall–Kier alpha value is -8.34. The normalized spacial score (nSPS) is 11.7. The van der Waals surface area contributed by atoms with Crippen molar-refractivity contribution >= 4 is 133 Å². The molecule has 8 aromatic heterocycles. The minimum atomic E-state index is -0.456. The van der Waals surface area contributed by atoms with Crippen molar-refractivity contribution in [1.82, 2.24) is 77.2 Å². The molecular weight excluding hydrogens is 995 g/mol. The first-order valence-corrected chi connectivity index (χ1v) is 23.4. The maximum absolute atomic E-state index is 11.8. The van der Waals surface area contributed by atoms with Gasteiger partial charge >= 0.3 is 464 Å². The van der Waals surface area contributed by atoms with Gasteiger partial charge in [0.2, 0.25) is 0 Å². The molecule has 40 heteroatoms. The van der Waals surface area contributed by atoms with E-state index in [4.69, 9.17) is 17.1 Å². The van der Waals surface area contributed by atoms with Gasteiger partial charge in [0.05, 0.1) is 0 Å². The van der Waals surface area contributed by atoms with Crippen LogP contribution in [0, 0.1) is 0 Å². The topological polar surface area (TPSA) is 363 Å². The Morgan fingerprint density at radius 2 is 1.15 bits per heavy atom. The van der Waals surface area contributed by atoms with Gasteiger partial charge in [0.25, 0.3) is 0 Å². The molecule has 0 unspecified atom stereocenters. The first kappa shape index (κ1) is 54.4. The third-order valence-electron chi connectivity index (χ3n) is 10.1. The van der Waals surface area contributed by atoms with E-state index in [0.717, 1.165) is 64.3 Å². The van der Waals surface area contributed by atoms with Crippen LogP contribution in [0.25, 0.3) is 33.5 Å². The first-order valence-electron chi connectivity index (χ1n) is 26.3. The van der Waals surface area contributed by atoms with Crippen LogP contribution in [-0.4, -0.2) is 160 Å². The summed E-state index contributed by atoms with van der Waals surface area (Å²) in [5.41, 5.74) is 7.50. The van der Waals surface area contributed by atoms with Crippen LogP contribution in [0.3, 0.4) is 0 Å². The number of rotatable bonds is 19. The van der Waals surface area contributed by atoms with E-state index in [0.29, 0.717) is 39.5 Å². The van der Waals surface area contributed by atoms with Crippen molar-refractivity contribution in [2.24, 2.45) is 24.0 Å². The van der Waals surface area contributed by atoms with Crippen LogP contribution in [0.2, 0.25) is 0 Å². The monoisotopic (exact) mass is 1060 g/mol. The van der Waals surface area contributed by atoms with Gasteiger partial charge in [-0.1, -0.05) is 0 Å². The third kappa shape index (κ3) is 16.8. The van der Waals surface area contributed by atoms with E-state index in [1.807, 2.05) is 69.1 Å². The third-order valence-corrected chi connectivity index (χ3v) is 10.1. The molecule has 0 fully saturated rings. The van der Waals surface area contributed by atoms with E-state index < -0.39 is 11.2 Å². The summed E-state index contributed by atoms with van der Waals surface area (Å²) < 4.78 is 48.2. The first-order chi connectivity index (χ1) is 39.7. The molecule has 391 valence electrons. The van der Waals surface area contributed by atoms with Gasteiger partial charge in [-0.3, -0.25) is 0 Å². The summed E-state index contributed by atoms with van der Waals surface area (Å²) in [5.74, 6) is 1.59. The zero-order valence-corrected chi connectivity index (χ0v) is 44.3. The SMILES string of the molecule is [2H][B]N=BNc1ccn(C(C)C)c(=O)n1.[2H][B]N=BNc1nc2c(ncn2C(C)C)c(=O)[nH]1.[2H][B]N=BNc1ncnc2c1ncn2C(C)C.[2H][B]N=BOc1nc(N)nc2c1ncn2C(C)C.[2H][B]N=Bn1c(=O)ccn(C(C)C)c1=O. The Labute approximate surface area is 462 Å². The Morgan fingerprint density at radius 1 is 0.603 bits per heavy atom. The van der Waals surface area contributed by atoms with Crippen molar-refractivity contribution < 1.29 is 4.65 Å². The molecule has 5 radical (unpaired) electrons. The Morgan fingerprint density at radius 3 is 1.76 bits per heavy atom. The van der Waals surface area contributed by atoms with E-state index in [2.05, 4.69) is 103 Å². The molecule has 78 heavy (non-hydrogen) atoms. The van der Waals surface area contributed by atoms with Crippen molar-refractivity contribution in [3.63, 3.8) is 0 Å². The van der Waals surface area contributed by atoms with Gasteiger partial charge in [-0.2, -0.15) is 0 Å². The van der Waals surface area contributed by atoms with E-state index in [1.54, 1.807) is 31.2 Å². The predicted octanol–water partition coefficient (Wildman–Crippen LogP) is -0.932.